The predicted octanol–water partition coefficient (Wildman–Crippen LogP) is 2.68. The van der Waals surface area contributed by atoms with Crippen LogP contribution in [-0.2, 0) is 6.54 Å². The monoisotopic (exact) mass is 370 g/mol. The molecule has 1 aromatic carbocycles. The number of nitrogens with zero attached hydrogens (tertiary/aromatic N) is 2. The number of nitrogens with one attached hydrogen (secondary N) is 1. The van der Waals surface area contributed by atoms with E-state index in [1.54, 1.807) is 12.4 Å². The Bertz CT molecular complexity index is 545. The van der Waals surface area contributed by atoms with E-state index in [0.717, 1.165) is 20.6 Å². The number of halogens is 1. The topological polar surface area (TPSA) is 73.1 Å². The first-order valence-electron chi connectivity index (χ1n) is 5.93. The van der Waals surface area contributed by atoms with Crippen molar-refractivity contribution in [3.8, 4) is 5.75 Å². The van der Waals surface area contributed by atoms with Crippen LogP contribution in [0.15, 0.2) is 30.6 Å². The van der Waals surface area contributed by atoms with E-state index in [9.17, 15) is 0 Å². The molecule has 0 fully saturated rings. The van der Waals surface area contributed by atoms with Crippen LogP contribution in [0.25, 0.3) is 0 Å². The minimum atomic E-state index is 0.429. The van der Waals surface area contributed by atoms with Crippen molar-refractivity contribution in [2.24, 2.45) is 5.73 Å². The largest absolute Gasteiger partial charge is 0.494 e. The molecule has 0 radical (unpaired) electrons. The number of nitrogens with two attached hydrogens (primary N) is 1. The van der Waals surface area contributed by atoms with E-state index in [1.807, 2.05) is 25.1 Å². The molecule has 5 nitrogen and oxygen atoms in total. The Labute approximate surface area is 125 Å². The Hall–Kier alpha value is -1.41. The van der Waals surface area contributed by atoms with E-state index in [2.05, 4.69) is 37.9 Å². The molecule has 0 amide bonds. The minimum absolute atomic E-state index is 0.429. The summed E-state index contributed by atoms with van der Waals surface area (Å²) >= 11 is 2.17. The van der Waals surface area contributed by atoms with Crippen molar-refractivity contribution in [2.45, 2.75) is 13.5 Å². The van der Waals surface area contributed by atoms with Crippen molar-refractivity contribution in [1.29, 1.82) is 0 Å². The Morgan fingerprint density at radius 3 is 2.68 bits per heavy atom. The standard InChI is InChI=1S/C13H15IN4O/c1-2-19-12-4-3-11(5-9(12)6-15)18-13-16-7-10(14)8-17-13/h3-5,7-8H,2,6,15H2,1H3,(H,16,17,18). The number of ether oxygens (including phenoxy) is 1. The lowest BCUT2D eigenvalue weighted by atomic mass is 10.2. The highest BCUT2D eigenvalue weighted by Crippen LogP contribution is 2.24. The molecule has 0 spiro atoms. The van der Waals surface area contributed by atoms with E-state index in [1.165, 1.54) is 0 Å². The molecule has 1 heterocycles. The van der Waals surface area contributed by atoms with Crippen LogP contribution in [0, 0.1) is 3.57 Å². The van der Waals surface area contributed by atoms with Gasteiger partial charge in [0.15, 0.2) is 0 Å². The highest BCUT2D eigenvalue weighted by molar-refractivity contribution is 14.1. The second kappa shape index (κ2) is 6.67. The molecule has 100 valence electrons. The third-order valence-corrected chi connectivity index (χ3v) is 3.01. The summed E-state index contributed by atoms with van der Waals surface area (Å²) in [6.45, 7) is 3.00. The number of anilines is 2. The van der Waals surface area contributed by atoms with Gasteiger partial charge in [0.25, 0.3) is 0 Å². The minimum Gasteiger partial charge on any atom is -0.494 e. The zero-order valence-corrected chi connectivity index (χ0v) is 12.7. The Morgan fingerprint density at radius 2 is 2.05 bits per heavy atom. The third-order valence-electron chi connectivity index (χ3n) is 2.46. The zero-order valence-electron chi connectivity index (χ0n) is 10.6. The third kappa shape index (κ3) is 3.77. The molecular formula is C13H15IN4O. The second-order valence-electron chi connectivity index (χ2n) is 3.81. The van der Waals surface area contributed by atoms with Crippen LogP contribution in [0.4, 0.5) is 11.6 Å². The summed E-state index contributed by atoms with van der Waals surface area (Å²) < 4.78 is 6.51. The summed E-state index contributed by atoms with van der Waals surface area (Å²) in [5.41, 5.74) is 7.57. The second-order valence-corrected chi connectivity index (χ2v) is 5.06. The van der Waals surface area contributed by atoms with Gasteiger partial charge in [-0.2, -0.15) is 0 Å². The first-order chi connectivity index (χ1) is 9.22. The van der Waals surface area contributed by atoms with Gasteiger partial charge in [0.1, 0.15) is 5.75 Å². The summed E-state index contributed by atoms with van der Waals surface area (Å²) in [5, 5.41) is 3.14. The van der Waals surface area contributed by atoms with Crippen LogP contribution in [-0.4, -0.2) is 16.6 Å². The summed E-state index contributed by atoms with van der Waals surface area (Å²) in [5.74, 6) is 1.38. The van der Waals surface area contributed by atoms with Gasteiger partial charge in [-0.25, -0.2) is 9.97 Å². The molecule has 2 aromatic rings. The molecule has 0 bridgehead atoms. The lowest BCUT2D eigenvalue weighted by molar-refractivity contribution is 0.336. The van der Waals surface area contributed by atoms with Gasteiger partial charge in [-0.3, -0.25) is 0 Å². The maximum absolute atomic E-state index is 5.72. The number of hydrogen-bond donors (Lipinski definition) is 2. The van der Waals surface area contributed by atoms with E-state index >= 15 is 0 Å². The van der Waals surface area contributed by atoms with E-state index < -0.39 is 0 Å². The molecule has 6 heteroatoms. The van der Waals surface area contributed by atoms with Crippen molar-refractivity contribution >= 4 is 34.2 Å². The number of aromatic nitrogens is 2. The van der Waals surface area contributed by atoms with Crippen molar-refractivity contribution in [1.82, 2.24) is 9.97 Å². The van der Waals surface area contributed by atoms with Gasteiger partial charge in [0, 0.05) is 33.8 Å². The van der Waals surface area contributed by atoms with E-state index in [-0.39, 0.29) is 0 Å². The maximum Gasteiger partial charge on any atom is 0.227 e. The van der Waals surface area contributed by atoms with Gasteiger partial charge >= 0.3 is 0 Å². The van der Waals surface area contributed by atoms with Gasteiger partial charge in [0.2, 0.25) is 5.95 Å². The van der Waals surface area contributed by atoms with Gasteiger partial charge in [-0.1, -0.05) is 0 Å². The van der Waals surface area contributed by atoms with Crippen molar-refractivity contribution < 1.29 is 4.74 Å². The van der Waals surface area contributed by atoms with Crippen molar-refractivity contribution in [3.05, 3.63) is 39.7 Å². The summed E-state index contributed by atoms with van der Waals surface area (Å²) in [6.07, 6.45) is 3.52. The molecule has 19 heavy (non-hydrogen) atoms. The van der Waals surface area contributed by atoms with Crippen molar-refractivity contribution in [2.75, 3.05) is 11.9 Å². The molecule has 0 aliphatic carbocycles. The molecule has 2 rings (SSSR count). The van der Waals surface area contributed by atoms with Gasteiger partial charge in [-0.15, -0.1) is 0 Å². The van der Waals surface area contributed by atoms with Crippen LogP contribution in [0.3, 0.4) is 0 Å². The number of rotatable bonds is 5. The number of hydrogen-bond acceptors (Lipinski definition) is 5. The van der Waals surface area contributed by atoms with Crippen LogP contribution < -0.4 is 15.8 Å². The molecule has 0 aliphatic rings. The lowest BCUT2D eigenvalue weighted by Gasteiger charge is -2.11. The summed E-state index contributed by atoms with van der Waals surface area (Å²) in [7, 11) is 0. The lowest BCUT2D eigenvalue weighted by Crippen LogP contribution is -2.04. The molecule has 3 N–H and O–H groups in total. The SMILES string of the molecule is CCOc1ccc(Nc2ncc(I)cn2)cc1CN. The fourth-order valence-electron chi connectivity index (χ4n) is 1.62. The first-order valence-corrected chi connectivity index (χ1v) is 7.01. The smallest absolute Gasteiger partial charge is 0.227 e. The van der Waals surface area contributed by atoms with Crippen LogP contribution in [0.5, 0.6) is 5.75 Å². The molecular weight excluding hydrogens is 355 g/mol. The summed E-state index contributed by atoms with van der Waals surface area (Å²) in [4.78, 5) is 8.39. The molecule has 0 aliphatic heterocycles. The van der Waals surface area contributed by atoms with Gasteiger partial charge in [0.05, 0.1) is 6.61 Å². The normalized spacial score (nSPS) is 10.3. The maximum atomic E-state index is 5.72. The molecule has 0 saturated heterocycles. The van der Waals surface area contributed by atoms with E-state index in [4.69, 9.17) is 10.5 Å². The Morgan fingerprint density at radius 1 is 1.32 bits per heavy atom. The van der Waals surface area contributed by atoms with Crippen molar-refractivity contribution in [3.63, 3.8) is 0 Å². The molecule has 0 atom stereocenters. The highest BCUT2D eigenvalue weighted by atomic mass is 127. The fraction of sp³-hybridized carbons (Fsp3) is 0.231. The quantitative estimate of drug-likeness (QED) is 0.792. The highest BCUT2D eigenvalue weighted by Gasteiger charge is 2.04. The van der Waals surface area contributed by atoms with Crippen LogP contribution in [0.1, 0.15) is 12.5 Å². The zero-order chi connectivity index (χ0) is 13.7. The first kappa shape index (κ1) is 14.0. The summed E-state index contributed by atoms with van der Waals surface area (Å²) in [6, 6.07) is 5.78. The predicted molar refractivity (Wildman–Crippen MR) is 83.5 cm³/mol. The average Bonchev–Trinajstić information content (AvgIpc) is 2.43. The Kier molecular flexibility index (Phi) is 4.92. The molecule has 1 aromatic heterocycles. The average molecular weight is 370 g/mol. The Balaban J connectivity index is 2.18. The molecule has 0 unspecified atom stereocenters. The van der Waals surface area contributed by atoms with Gasteiger partial charge in [-0.05, 0) is 47.7 Å². The van der Waals surface area contributed by atoms with Crippen LogP contribution in [0.2, 0.25) is 0 Å². The van der Waals surface area contributed by atoms with Crippen LogP contribution >= 0.6 is 22.6 Å². The fourth-order valence-corrected chi connectivity index (χ4v) is 1.90. The van der Waals surface area contributed by atoms with Gasteiger partial charge < -0.3 is 15.8 Å². The number of benzene rings is 1. The van der Waals surface area contributed by atoms with E-state index in [0.29, 0.717) is 19.1 Å². The molecule has 0 saturated carbocycles.